The molecule has 0 spiro atoms. The van der Waals surface area contributed by atoms with E-state index in [2.05, 4.69) is 19.2 Å². The van der Waals surface area contributed by atoms with Crippen LogP contribution in [-0.4, -0.2) is 11.8 Å². The van der Waals surface area contributed by atoms with Crippen molar-refractivity contribution in [2.24, 2.45) is 5.92 Å². The van der Waals surface area contributed by atoms with Crippen LogP contribution in [0.15, 0.2) is 24.3 Å². The summed E-state index contributed by atoms with van der Waals surface area (Å²) in [7, 11) is 0. The van der Waals surface area contributed by atoms with E-state index in [0.717, 1.165) is 37.8 Å². The Hall–Kier alpha value is -1.02. The van der Waals surface area contributed by atoms with Crippen molar-refractivity contribution in [1.29, 1.82) is 0 Å². The molecule has 1 aromatic carbocycles. The van der Waals surface area contributed by atoms with Crippen LogP contribution in [0.1, 0.15) is 45.1 Å². The van der Waals surface area contributed by atoms with Crippen molar-refractivity contribution < 1.29 is 4.79 Å². The maximum absolute atomic E-state index is 12.1. The van der Waals surface area contributed by atoms with Crippen LogP contribution < -0.4 is 5.32 Å². The molecule has 0 fully saturated rings. The van der Waals surface area contributed by atoms with E-state index in [9.17, 15) is 4.79 Å². The molecule has 1 atom stereocenters. The molecule has 0 saturated carbocycles. The summed E-state index contributed by atoms with van der Waals surface area (Å²) >= 11 is 5.70. The van der Waals surface area contributed by atoms with Crippen molar-refractivity contribution in [3.05, 3.63) is 29.8 Å². The third kappa shape index (κ3) is 5.65. The number of unbranched alkanes of at least 4 members (excludes halogenated alkanes) is 1. The second-order valence-electron chi connectivity index (χ2n) is 4.87. The van der Waals surface area contributed by atoms with Crippen LogP contribution in [0.25, 0.3) is 0 Å². The minimum atomic E-state index is 0.127. The van der Waals surface area contributed by atoms with Gasteiger partial charge in [-0.15, -0.1) is 11.6 Å². The Morgan fingerprint density at radius 2 is 1.95 bits per heavy atom. The highest BCUT2D eigenvalue weighted by Crippen LogP contribution is 2.17. The summed E-state index contributed by atoms with van der Waals surface area (Å²) in [6.07, 6.45) is 4.99. The number of rotatable bonds is 8. The van der Waals surface area contributed by atoms with E-state index in [1.165, 1.54) is 5.56 Å². The van der Waals surface area contributed by atoms with Crippen molar-refractivity contribution in [2.75, 3.05) is 11.2 Å². The topological polar surface area (TPSA) is 29.1 Å². The average Bonchev–Trinajstić information content (AvgIpc) is 2.42. The van der Waals surface area contributed by atoms with Crippen molar-refractivity contribution in [1.82, 2.24) is 0 Å². The van der Waals surface area contributed by atoms with Crippen molar-refractivity contribution in [2.45, 2.75) is 46.0 Å². The van der Waals surface area contributed by atoms with Gasteiger partial charge in [-0.1, -0.05) is 38.8 Å². The van der Waals surface area contributed by atoms with Crippen LogP contribution in [0.2, 0.25) is 0 Å². The number of alkyl halides is 1. The van der Waals surface area contributed by atoms with E-state index in [1.807, 2.05) is 24.3 Å². The van der Waals surface area contributed by atoms with Crippen molar-refractivity contribution in [3.8, 4) is 0 Å². The predicted octanol–water partition coefficient (Wildman–Crippen LogP) is 4.62. The lowest BCUT2D eigenvalue weighted by molar-refractivity contribution is -0.120. The molecule has 0 aliphatic heterocycles. The minimum absolute atomic E-state index is 0.127. The Bertz CT molecular complexity index is 375. The third-order valence-electron chi connectivity index (χ3n) is 3.37. The maximum Gasteiger partial charge on any atom is 0.227 e. The zero-order valence-corrected chi connectivity index (χ0v) is 12.7. The van der Waals surface area contributed by atoms with Gasteiger partial charge < -0.3 is 5.32 Å². The van der Waals surface area contributed by atoms with Crippen molar-refractivity contribution >= 4 is 23.2 Å². The molecule has 0 radical (unpaired) electrons. The molecule has 0 heterocycles. The fourth-order valence-electron chi connectivity index (χ4n) is 2.08. The van der Waals surface area contributed by atoms with Gasteiger partial charge in [0.15, 0.2) is 0 Å². The zero-order valence-electron chi connectivity index (χ0n) is 11.9. The molecular formula is C16H24ClNO. The Balaban J connectivity index is 2.54. The second kappa shape index (κ2) is 8.98. The number of hydrogen-bond acceptors (Lipinski definition) is 1. The molecule has 2 nitrogen and oxygen atoms in total. The number of aryl methyl sites for hydroxylation is 1. The van der Waals surface area contributed by atoms with Gasteiger partial charge in [-0.3, -0.25) is 4.79 Å². The lowest BCUT2D eigenvalue weighted by Gasteiger charge is -2.14. The molecule has 1 N–H and O–H groups in total. The normalized spacial score (nSPS) is 12.2. The third-order valence-corrected chi connectivity index (χ3v) is 3.56. The lowest BCUT2D eigenvalue weighted by atomic mass is 9.98. The molecular weight excluding hydrogens is 258 g/mol. The minimum Gasteiger partial charge on any atom is -0.326 e. The molecule has 0 aromatic heterocycles. The highest BCUT2D eigenvalue weighted by atomic mass is 35.5. The first kappa shape index (κ1) is 16.0. The molecule has 3 heteroatoms. The molecule has 1 unspecified atom stereocenters. The van der Waals surface area contributed by atoms with Crippen molar-refractivity contribution in [3.63, 3.8) is 0 Å². The summed E-state index contributed by atoms with van der Waals surface area (Å²) in [5.74, 6) is 0.893. The maximum atomic E-state index is 12.1. The molecule has 1 amide bonds. The number of halogens is 1. The summed E-state index contributed by atoms with van der Waals surface area (Å²) in [6.45, 7) is 4.23. The number of carbonyl (C=O) groups excluding carboxylic acids is 1. The number of anilines is 1. The summed E-state index contributed by atoms with van der Waals surface area (Å²) in [5.41, 5.74) is 2.07. The van der Waals surface area contributed by atoms with Gasteiger partial charge in [0.05, 0.1) is 0 Å². The van der Waals surface area contributed by atoms with E-state index in [-0.39, 0.29) is 11.8 Å². The van der Waals surface area contributed by atoms with Crippen LogP contribution in [0.5, 0.6) is 0 Å². The first-order valence-corrected chi connectivity index (χ1v) is 7.70. The molecule has 0 bridgehead atoms. The molecule has 0 aliphatic carbocycles. The fraction of sp³-hybridized carbons (Fsp3) is 0.562. The summed E-state index contributed by atoms with van der Waals surface area (Å²) in [5, 5.41) is 3.00. The first-order valence-electron chi connectivity index (χ1n) is 7.17. The Morgan fingerprint density at radius 1 is 1.26 bits per heavy atom. The summed E-state index contributed by atoms with van der Waals surface area (Å²) in [6, 6.07) is 7.94. The number of hydrogen-bond donors (Lipinski definition) is 1. The SMILES string of the molecule is CCCCC(CC)C(=O)Nc1ccc(CCCl)cc1. The standard InChI is InChI=1S/C16H24ClNO/c1-3-5-6-14(4-2)16(19)18-15-9-7-13(8-10-15)11-12-17/h7-10,14H,3-6,11-12H2,1-2H3,(H,18,19). The zero-order chi connectivity index (χ0) is 14.1. The summed E-state index contributed by atoms with van der Waals surface area (Å²) in [4.78, 5) is 12.1. The molecule has 19 heavy (non-hydrogen) atoms. The van der Waals surface area contributed by atoms with E-state index in [1.54, 1.807) is 0 Å². The lowest BCUT2D eigenvalue weighted by Crippen LogP contribution is -2.22. The summed E-state index contributed by atoms with van der Waals surface area (Å²) < 4.78 is 0. The quantitative estimate of drug-likeness (QED) is 0.692. The Kier molecular flexibility index (Phi) is 7.57. The van der Waals surface area contributed by atoms with Crippen LogP contribution in [0, 0.1) is 5.92 Å². The molecule has 1 rings (SSSR count). The number of carbonyl (C=O) groups is 1. The first-order chi connectivity index (χ1) is 9.21. The molecule has 106 valence electrons. The molecule has 0 aliphatic rings. The van der Waals surface area contributed by atoms with Gasteiger partial charge in [0.25, 0.3) is 0 Å². The van der Waals surface area contributed by atoms with E-state index in [4.69, 9.17) is 11.6 Å². The number of benzene rings is 1. The molecule has 1 aromatic rings. The Labute approximate surface area is 121 Å². The Morgan fingerprint density at radius 3 is 2.47 bits per heavy atom. The van der Waals surface area contributed by atoms with Gasteiger partial charge in [-0.05, 0) is 37.0 Å². The van der Waals surface area contributed by atoms with Gasteiger partial charge in [-0.25, -0.2) is 0 Å². The number of amides is 1. The monoisotopic (exact) mass is 281 g/mol. The van der Waals surface area contributed by atoms with Gasteiger partial charge in [0.1, 0.15) is 0 Å². The largest absolute Gasteiger partial charge is 0.326 e. The van der Waals surface area contributed by atoms with Crippen LogP contribution in [0.4, 0.5) is 5.69 Å². The smallest absolute Gasteiger partial charge is 0.227 e. The van der Waals surface area contributed by atoms with Gasteiger partial charge in [0, 0.05) is 17.5 Å². The van der Waals surface area contributed by atoms with Crippen LogP contribution in [-0.2, 0) is 11.2 Å². The second-order valence-corrected chi connectivity index (χ2v) is 5.25. The fourth-order valence-corrected chi connectivity index (χ4v) is 2.30. The number of nitrogens with one attached hydrogen (secondary N) is 1. The van der Waals surface area contributed by atoms with E-state index in [0.29, 0.717) is 5.88 Å². The van der Waals surface area contributed by atoms with Gasteiger partial charge in [-0.2, -0.15) is 0 Å². The van der Waals surface area contributed by atoms with E-state index >= 15 is 0 Å². The van der Waals surface area contributed by atoms with E-state index < -0.39 is 0 Å². The van der Waals surface area contributed by atoms with Gasteiger partial charge in [0.2, 0.25) is 5.91 Å². The predicted molar refractivity (Wildman–Crippen MR) is 82.8 cm³/mol. The average molecular weight is 282 g/mol. The van der Waals surface area contributed by atoms with Gasteiger partial charge >= 0.3 is 0 Å². The van der Waals surface area contributed by atoms with Crippen LogP contribution in [0.3, 0.4) is 0 Å². The molecule has 0 saturated heterocycles. The highest BCUT2D eigenvalue weighted by Gasteiger charge is 2.15. The van der Waals surface area contributed by atoms with Crippen LogP contribution >= 0.6 is 11.6 Å². The highest BCUT2D eigenvalue weighted by molar-refractivity contribution is 6.17.